The van der Waals surface area contributed by atoms with E-state index in [9.17, 15) is 4.79 Å². The third-order valence-electron chi connectivity index (χ3n) is 3.62. The first-order chi connectivity index (χ1) is 8.93. The highest BCUT2D eigenvalue weighted by atomic mass is 32.1. The van der Waals surface area contributed by atoms with Crippen molar-refractivity contribution in [3.8, 4) is 0 Å². The molecule has 1 aromatic carbocycles. The SMILES string of the molecule is CCCN(CC)CCN(C)c1c(C(C)C)c(=O)c1=S. The summed E-state index contributed by atoms with van der Waals surface area (Å²) in [5.41, 5.74) is 1.99. The fourth-order valence-electron chi connectivity index (χ4n) is 2.46. The number of hydrogen-bond acceptors (Lipinski definition) is 4. The zero-order chi connectivity index (χ0) is 14.6. The standard InChI is InChI=1S/C15H26N2OS/c1-6-8-17(7-2)10-9-16(5)13-12(11(3)4)14(18)15(13)19/h11H,6-10H2,1-5H3. The van der Waals surface area contributed by atoms with Crippen LogP contribution >= 0.6 is 12.2 Å². The van der Waals surface area contributed by atoms with Gasteiger partial charge in [-0.1, -0.05) is 39.9 Å². The third kappa shape index (κ3) is 3.63. The van der Waals surface area contributed by atoms with Crippen LogP contribution in [0.1, 0.15) is 45.6 Å². The van der Waals surface area contributed by atoms with E-state index in [1.54, 1.807) is 0 Å². The smallest absolute Gasteiger partial charge is 0.204 e. The van der Waals surface area contributed by atoms with Crippen molar-refractivity contribution in [2.45, 2.75) is 40.0 Å². The summed E-state index contributed by atoms with van der Waals surface area (Å²) in [6.45, 7) is 12.6. The van der Waals surface area contributed by atoms with Gasteiger partial charge < -0.3 is 9.80 Å². The van der Waals surface area contributed by atoms with Gasteiger partial charge >= 0.3 is 0 Å². The predicted octanol–water partition coefficient (Wildman–Crippen LogP) is 2.94. The summed E-state index contributed by atoms with van der Waals surface area (Å²) in [6, 6.07) is 0. The minimum Gasteiger partial charge on any atom is -0.372 e. The van der Waals surface area contributed by atoms with Gasteiger partial charge in [0.15, 0.2) is 0 Å². The highest BCUT2D eigenvalue weighted by molar-refractivity contribution is 7.71. The Balaban J connectivity index is 2.69. The van der Waals surface area contributed by atoms with Gasteiger partial charge in [-0.25, -0.2) is 0 Å². The molecule has 108 valence electrons. The average Bonchev–Trinajstić information content (AvgIpc) is 2.38. The molecule has 0 heterocycles. The van der Waals surface area contributed by atoms with Crippen LogP contribution in [0.25, 0.3) is 0 Å². The van der Waals surface area contributed by atoms with E-state index in [4.69, 9.17) is 12.2 Å². The van der Waals surface area contributed by atoms with E-state index >= 15 is 0 Å². The quantitative estimate of drug-likeness (QED) is 0.684. The van der Waals surface area contributed by atoms with E-state index in [-0.39, 0.29) is 11.3 Å². The van der Waals surface area contributed by atoms with Crippen molar-refractivity contribution in [2.75, 3.05) is 38.1 Å². The summed E-state index contributed by atoms with van der Waals surface area (Å²) in [5, 5.41) is 0. The molecule has 0 amide bonds. The Morgan fingerprint density at radius 2 is 1.79 bits per heavy atom. The van der Waals surface area contributed by atoms with Crippen molar-refractivity contribution in [1.29, 1.82) is 0 Å². The second kappa shape index (κ2) is 7.15. The predicted molar refractivity (Wildman–Crippen MR) is 85.7 cm³/mol. The molecule has 0 bridgehead atoms. The van der Waals surface area contributed by atoms with Gasteiger partial charge in [0.25, 0.3) is 0 Å². The van der Waals surface area contributed by atoms with Crippen LogP contribution < -0.4 is 10.3 Å². The number of likely N-dealkylation sites (N-methyl/N-ethyl adjacent to an activating group) is 2. The molecule has 0 saturated heterocycles. The lowest BCUT2D eigenvalue weighted by atomic mass is 9.96. The molecule has 0 fully saturated rings. The fraction of sp³-hybridized carbons (Fsp3) is 0.733. The minimum absolute atomic E-state index is 0.0766. The van der Waals surface area contributed by atoms with Crippen LogP contribution in [0.3, 0.4) is 0 Å². The Morgan fingerprint density at radius 3 is 2.26 bits per heavy atom. The second-order valence-corrected chi connectivity index (χ2v) is 5.84. The third-order valence-corrected chi connectivity index (χ3v) is 4.00. The highest BCUT2D eigenvalue weighted by Crippen LogP contribution is 2.27. The maximum absolute atomic E-state index is 11.8. The summed E-state index contributed by atoms with van der Waals surface area (Å²) >= 11 is 5.20. The lowest BCUT2D eigenvalue weighted by molar-refractivity contribution is 0.295. The molecule has 0 saturated carbocycles. The zero-order valence-corrected chi connectivity index (χ0v) is 13.6. The molecule has 0 aliphatic heterocycles. The van der Waals surface area contributed by atoms with Gasteiger partial charge in [0, 0.05) is 25.7 Å². The van der Waals surface area contributed by atoms with Gasteiger partial charge in [-0.05, 0) is 25.4 Å². The first-order valence-corrected chi connectivity index (χ1v) is 7.61. The number of hydrogen-bond donors (Lipinski definition) is 0. The summed E-state index contributed by atoms with van der Waals surface area (Å²) in [4.78, 5) is 16.4. The highest BCUT2D eigenvalue weighted by Gasteiger charge is 2.23. The molecule has 0 aromatic heterocycles. The molecular weight excluding hydrogens is 256 g/mol. The Labute approximate surface area is 121 Å². The second-order valence-electron chi connectivity index (χ2n) is 5.43. The van der Waals surface area contributed by atoms with E-state index in [2.05, 4.69) is 37.5 Å². The molecule has 0 radical (unpaired) electrons. The van der Waals surface area contributed by atoms with Crippen molar-refractivity contribution >= 4 is 17.9 Å². The van der Waals surface area contributed by atoms with Gasteiger partial charge in [0.2, 0.25) is 5.43 Å². The molecule has 0 aliphatic rings. The normalized spacial score (nSPS) is 11.7. The number of nitrogens with zero attached hydrogens (tertiary/aromatic N) is 2. The molecule has 0 aliphatic carbocycles. The molecule has 3 nitrogen and oxygen atoms in total. The molecular formula is C15H26N2OS. The molecule has 0 atom stereocenters. The Morgan fingerprint density at radius 1 is 1.16 bits per heavy atom. The van der Waals surface area contributed by atoms with Gasteiger partial charge in [-0.2, -0.15) is 0 Å². The molecule has 19 heavy (non-hydrogen) atoms. The summed E-state index contributed by atoms with van der Waals surface area (Å²) in [6.07, 6.45) is 1.17. The topological polar surface area (TPSA) is 23.6 Å². The van der Waals surface area contributed by atoms with Crippen molar-refractivity contribution < 1.29 is 0 Å². The Hall–Kier alpha value is -0.740. The lowest BCUT2D eigenvalue weighted by Crippen LogP contribution is -2.36. The summed E-state index contributed by atoms with van der Waals surface area (Å²) < 4.78 is 0.518. The van der Waals surface area contributed by atoms with Gasteiger partial charge in [0.05, 0.1) is 5.69 Å². The van der Waals surface area contributed by atoms with Gasteiger partial charge in [-0.15, -0.1) is 0 Å². The first kappa shape index (κ1) is 16.3. The first-order valence-electron chi connectivity index (χ1n) is 7.20. The molecule has 4 heteroatoms. The molecule has 0 N–H and O–H groups in total. The Bertz CT molecular complexity index is 475. The minimum atomic E-state index is 0.0766. The maximum Gasteiger partial charge on any atom is 0.204 e. The van der Waals surface area contributed by atoms with Crippen LogP contribution in [0, 0.1) is 4.51 Å². The largest absolute Gasteiger partial charge is 0.372 e. The Kier molecular flexibility index (Phi) is 6.14. The summed E-state index contributed by atoms with van der Waals surface area (Å²) in [5.74, 6) is 0.259. The fourth-order valence-corrected chi connectivity index (χ4v) is 2.84. The number of rotatable bonds is 8. The summed E-state index contributed by atoms with van der Waals surface area (Å²) in [7, 11) is 2.04. The molecule has 1 aromatic rings. The lowest BCUT2D eigenvalue weighted by Gasteiger charge is -2.29. The monoisotopic (exact) mass is 282 g/mol. The van der Waals surface area contributed by atoms with E-state index in [1.807, 2.05) is 7.05 Å². The van der Waals surface area contributed by atoms with E-state index in [1.165, 1.54) is 6.42 Å². The van der Waals surface area contributed by atoms with Crippen LogP contribution in [-0.4, -0.2) is 38.1 Å². The molecule has 0 unspecified atom stereocenters. The van der Waals surface area contributed by atoms with Crippen LogP contribution in [-0.2, 0) is 0 Å². The van der Waals surface area contributed by atoms with Crippen molar-refractivity contribution in [3.63, 3.8) is 0 Å². The number of anilines is 1. The van der Waals surface area contributed by atoms with Crippen molar-refractivity contribution in [1.82, 2.24) is 4.90 Å². The van der Waals surface area contributed by atoms with Crippen LogP contribution in [0.5, 0.6) is 0 Å². The van der Waals surface area contributed by atoms with Gasteiger partial charge in [0.1, 0.15) is 4.51 Å². The van der Waals surface area contributed by atoms with Crippen LogP contribution in [0.15, 0.2) is 4.79 Å². The molecule has 0 spiro atoms. The van der Waals surface area contributed by atoms with E-state index < -0.39 is 0 Å². The van der Waals surface area contributed by atoms with E-state index in [0.29, 0.717) is 4.51 Å². The van der Waals surface area contributed by atoms with E-state index in [0.717, 1.165) is 37.4 Å². The van der Waals surface area contributed by atoms with Crippen LogP contribution in [0.2, 0.25) is 0 Å². The molecule has 1 rings (SSSR count). The van der Waals surface area contributed by atoms with Gasteiger partial charge in [-0.3, -0.25) is 4.79 Å². The van der Waals surface area contributed by atoms with Crippen LogP contribution in [0.4, 0.5) is 5.69 Å². The zero-order valence-electron chi connectivity index (χ0n) is 12.8. The van der Waals surface area contributed by atoms with Crippen molar-refractivity contribution in [3.05, 3.63) is 20.3 Å². The average molecular weight is 282 g/mol. The maximum atomic E-state index is 11.8. The van der Waals surface area contributed by atoms with Crippen molar-refractivity contribution in [2.24, 2.45) is 0 Å².